The summed E-state index contributed by atoms with van der Waals surface area (Å²) in [6, 6.07) is 5.42. The summed E-state index contributed by atoms with van der Waals surface area (Å²) in [6.07, 6.45) is 0. The Hall–Kier alpha value is -2.04. The molecule has 1 heterocycles. The van der Waals surface area contributed by atoms with Crippen molar-refractivity contribution in [2.45, 2.75) is 34.2 Å². The van der Waals surface area contributed by atoms with Crippen LogP contribution in [0.4, 0.5) is 4.39 Å². The molecule has 0 fully saturated rings. The van der Waals surface area contributed by atoms with E-state index >= 15 is 0 Å². The molecule has 0 unspecified atom stereocenters. The zero-order valence-corrected chi connectivity index (χ0v) is 12.6. The molecule has 0 spiro atoms. The maximum atomic E-state index is 13.9. The molecule has 0 radical (unpaired) electrons. The highest BCUT2D eigenvalue weighted by molar-refractivity contribution is 5.83. The predicted molar refractivity (Wildman–Crippen MR) is 78.9 cm³/mol. The molecule has 2 rings (SSSR count). The third kappa shape index (κ3) is 3.73. The molecule has 0 aliphatic carbocycles. The van der Waals surface area contributed by atoms with Gasteiger partial charge in [0.2, 0.25) is 0 Å². The van der Waals surface area contributed by atoms with Gasteiger partial charge in [0, 0.05) is 17.6 Å². The lowest BCUT2D eigenvalue weighted by molar-refractivity contribution is -0.122. The number of carboxylic acid groups (broad SMARTS) is 1. The van der Waals surface area contributed by atoms with E-state index in [0.29, 0.717) is 11.1 Å². The average molecular weight is 283 g/mol. The number of aryl methyl sites for hydroxylation is 2. The summed E-state index contributed by atoms with van der Waals surface area (Å²) in [5.41, 5.74) is 1.99. The van der Waals surface area contributed by atoms with Crippen molar-refractivity contribution in [3.05, 3.63) is 29.7 Å². The third-order valence-corrected chi connectivity index (χ3v) is 2.73. The van der Waals surface area contributed by atoms with E-state index in [1.54, 1.807) is 6.07 Å². The average Bonchev–Trinajstić information content (AvgIpc) is 2.79. The molecule has 0 aliphatic rings. The van der Waals surface area contributed by atoms with Crippen molar-refractivity contribution in [2.75, 3.05) is 7.11 Å². The minimum atomic E-state index is -0.273. The summed E-state index contributed by atoms with van der Waals surface area (Å²) in [4.78, 5) is 8.36. The fraction of sp³-hybridized carbons (Fsp3) is 0.400. The number of hydrogen-bond acceptors (Lipinski definition) is 2. The van der Waals surface area contributed by atoms with Gasteiger partial charge in [-0.25, -0.2) is 4.39 Å². The molecule has 4 nitrogen and oxygen atoms in total. The minimum Gasteiger partial charge on any atom is -0.494 e. The Kier molecular flexibility index (Phi) is 8.04. The molecule has 112 valence electrons. The van der Waals surface area contributed by atoms with Gasteiger partial charge in [0.1, 0.15) is 0 Å². The van der Waals surface area contributed by atoms with E-state index in [1.165, 1.54) is 7.11 Å². The zero-order chi connectivity index (χ0) is 15.7. The van der Waals surface area contributed by atoms with Crippen LogP contribution in [-0.2, 0) is 11.3 Å². The maximum Gasteiger partial charge on any atom is 0.290 e. The van der Waals surface area contributed by atoms with Crippen molar-refractivity contribution in [3.63, 3.8) is 0 Å². The molecule has 2 aromatic rings. The first-order valence-electron chi connectivity index (χ1n) is 6.50. The van der Waals surface area contributed by atoms with Crippen LogP contribution in [0.25, 0.3) is 10.9 Å². The molecule has 1 aromatic carbocycles. The van der Waals surface area contributed by atoms with E-state index in [0.717, 1.165) is 17.8 Å². The second-order valence-corrected chi connectivity index (χ2v) is 3.65. The van der Waals surface area contributed by atoms with Gasteiger partial charge in [-0.3, -0.25) is 4.79 Å². The molecule has 0 bridgehead atoms. The van der Waals surface area contributed by atoms with Crippen LogP contribution in [0.5, 0.6) is 5.75 Å². The van der Waals surface area contributed by atoms with Gasteiger partial charge in [0.05, 0.1) is 12.6 Å². The highest BCUT2D eigenvalue weighted by Gasteiger charge is 2.12. The molecule has 1 N–H and O–H groups in total. The van der Waals surface area contributed by atoms with Crippen LogP contribution < -0.4 is 4.74 Å². The number of carbonyl (C=O) groups is 1. The molecule has 0 saturated heterocycles. The van der Waals surface area contributed by atoms with Crippen LogP contribution >= 0.6 is 0 Å². The fourth-order valence-corrected chi connectivity index (χ4v) is 1.99. The predicted octanol–water partition coefficient (Wildman–Crippen LogP) is 3.84. The fourth-order valence-electron chi connectivity index (χ4n) is 1.99. The Bertz CT molecular complexity index is 550. The second kappa shape index (κ2) is 8.96. The number of hydrogen-bond donors (Lipinski definition) is 1. The quantitative estimate of drug-likeness (QED) is 0.852. The van der Waals surface area contributed by atoms with Gasteiger partial charge in [0.15, 0.2) is 11.6 Å². The lowest BCUT2D eigenvalue weighted by Crippen LogP contribution is -1.96. The van der Waals surface area contributed by atoms with Crippen molar-refractivity contribution in [1.82, 2.24) is 4.57 Å². The van der Waals surface area contributed by atoms with Crippen LogP contribution in [0.2, 0.25) is 0 Å². The van der Waals surface area contributed by atoms with Crippen molar-refractivity contribution < 1.29 is 19.0 Å². The first-order chi connectivity index (χ1) is 9.60. The lowest BCUT2D eigenvalue weighted by atomic mass is 10.2. The minimum absolute atomic E-state index is 0.250. The first-order valence-corrected chi connectivity index (χ1v) is 6.50. The summed E-state index contributed by atoms with van der Waals surface area (Å²) in [5.74, 6) is 0.0288. The smallest absolute Gasteiger partial charge is 0.290 e. The Morgan fingerprint density at radius 1 is 1.40 bits per heavy atom. The molecular formula is C15H22FNO3. The molecule has 5 heteroatoms. The Balaban J connectivity index is 0.000000641. The van der Waals surface area contributed by atoms with E-state index in [2.05, 4.69) is 11.5 Å². The van der Waals surface area contributed by atoms with E-state index in [1.807, 2.05) is 32.9 Å². The second-order valence-electron chi connectivity index (χ2n) is 3.65. The summed E-state index contributed by atoms with van der Waals surface area (Å²) in [6.45, 7) is 8.63. The molecule has 0 atom stereocenters. The van der Waals surface area contributed by atoms with Crippen LogP contribution in [0, 0.1) is 12.7 Å². The Labute approximate surface area is 118 Å². The van der Waals surface area contributed by atoms with Crippen LogP contribution in [-0.4, -0.2) is 23.3 Å². The summed E-state index contributed by atoms with van der Waals surface area (Å²) in [5, 5.41) is 7.52. The molecule has 1 aromatic heterocycles. The number of rotatable bonds is 2. The van der Waals surface area contributed by atoms with Crippen LogP contribution in [0.1, 0.15) is 26.5 Å². The number of halogens is 1. The number of ether oxygens (including phenoxy) is 1. The highest BCUT2D eigenvalue weighted by atomic mass is 19.1. The van der Waals surface area contributed by atoms with Gasteiger partial charge in [-0.1, -0.05) is 13.8 Å². The number of aromatic nitrogens is 1. The molecule has 0 amide bonds. The Morgan fingerprint density at radius 2 is 1.95 bits per heavy atom. The van der Waals surface area contributed by atoms with Crippen LogP contribution in [0.3, 0.4) is 0 Å². The van der Waals surface area contributed by atoms with E-state index in [9.17, 15) is 4.39 Å². The topological polar surface area (TPSA) is 51.5 Å². The summed E-state index contributed by atoms with van der Waals surface area (Å²) in [7, 11) is 1.48. The zero-order valence-electron chi connectivity index (χ0n) is 12.6. The Morgan fingerprint density at radius 3 is 2.40 bits per heavy atom. The van der Waals surface area contributed by atoms with Gasteiger partial charge < -0.3 is 14.4 Å². The van der Waals surface area contributed by atoms with E-state index in [-0.39, 0.29) is 12.3 Å². The van der Waals surface area contributed by atoms with E-state index in [4.69, 9.17) is 14.6 Å². The molecule has 0 saturated carbocycles. The number of nitrogens with zero attached hydrogens (tertiary/aromatic N) is 1. The SMILES string of the molecule is CC.CCn1c(C)cc2c(F)c(OC)ccc21.O=CO. The third-order valence-electron chi connectivity index (χ3n) is 2.73. The number of benzene rings is 1. The van der Waals surface area contributed by atoms with Gasteiger partial charge in [0.25, 0.3) is 6.47 Å². The van der Waals surface area contributed by atoms with Crippen molar-refractivity contribution in [2.24, 2.45) is 0 Å². The van der Waals surface area contributed by atoms with Crippen molar-refractivity contribution in [1.29, 1.82) is 0 Å². The number of methoxy groups -OCH3 is 1. The van der Waals surface area contributed by atoms with Crippen LogP contribution in [0.15, 0.2) is 18.2 Å². The summed E-state index contributed by atoms with van der Waals surface area (Å²) < 4.78 is 20.9. The molecule has 0 aliphatic heterocycles. The van der Waals surface area contributed by atoms with Gasteiger partial charge in [-0.2, -0.15) is 0 Å². The normalized spacial score (nSPS) is 9.10. The maximum absolute atomic E-state index is 13.9. The summed E-state index contributed by atoms with van der Waals surface area (Å²) >= 11 is 0. The van der Waals surface area contributed by atoms with Gasteiger partial charge >= 0.3 is 0 Å². The monoisotopic (exact) mass is 283 g/mol. The van der Waals surface area contributed by atoms with Gasteiger partial charge in [-0.15, -0.1) is 0 Å². The highest BCUT2D eigenvalue weighted by Crippen LogP contribution is 2.28. The van der Waals surface area contributed by atoms with E-state index < -0.39 is 0 Å². The van der Waals surface area contributed by atoms with Gasteiger partial charge in [-0.05, 0) is 32.0 Å². The largest absolute Gasteiger partial charge is 0.494 e. The standard InChI is InChI=1S/C12H14FNO.C2H6.CH2O2/c1-4-14-8(2)7-9-10(14)5-6-11(15-3)12(9)13;1-2;2-1-3/h5-7H,4H2,1-3H3;1-2H3;1H,(H,2,3). The molecular weight excluding hydrogens is 261 g/mol. The lowest BCUT2D eigenvalue weighted by Gasteiger charge is -2.05. The van der Waals surface area contributed by atoms with Crippen molar-refractivity contribution in [3.8, 4) is 5.75 Å². The first kappa shape index (κ1) is 18.0. The number of fused-ring (bicyclic) bond motifs is 1. The van der Waals surface area contributed by atoms with Crippen molar-refractivity contribution >= 4 is 17.4 Å². The molecule has 20 heavy (non-hydrogen) atoms.